The molecule has 0 spiro atoms. The number of nitrogens with zero attached hydrogens (tertiary/aromatic N) is 1. The molecule has 1 aliphatic carbocycles. The minimum absolute atomic E-state index is 0.0246. The lowest BCUT2D eigenvalue weighted by atomic mass is 10.2. The highest BCUT2D eigenvalue weighted by Gasteiger charge is 2.21. The quantitative estimate of drug-likeness (QED) is 0.697. The van der Waals surface area contributed by atoms with Crippen molar-refractivity contribution >= 4 is 45.1 Å². The summed E-state index contributed by atoms with van der Waals surface area (Å²) >= 11 is 8.60. The summed E-state index contributed by atoms with van der Waals surface area (Å²) in [5, 5.41) is 4.75. The molecule has 6 heteroatoms. The Morgan fingerprint density at radius 1 is 1.37 bits per heavy atom. The molecule has 0 saturated carbocycles. The molecule has 4 rings (SSSR count). The number of aromatic nitrogens is 2. The Bertz CT molecular complexity index is 883. The molecule has 0 amide bonds. The summed E-state index contributed by atoms with van der Waals surface area (Å²) in [7, 11) is 0. The molecule has 1 aliphatic rings. The molecule has 96 valence electrons. The Morgan fingerprint density at radius 3 is 3.05 bits per heavy atom. The van der Waals surface area contributed by atoms with E-state index in [2.05, 4.69) is 4.98 Å². The fraction of sp³-hybridized carbons (Fsp3) is 0.231. The van der Waals surface area contributed by atoms with Crippen LogP contribution in [-0.4, -0.2) is 9.55 Å². The summed E-state index contributed by atoms with van der Waals surface area (Å²) in [5.74, 6) is 0. The zero-order chi connectivity index (χ0) is 13.0. The third kappa shape index (κ3) is 1.60. The van der Waals surface area contributed by atoms with Crippen molar-refractivity contribution in [2.24, 2.45) is 0 Å². The SMILES string of the molecule is O=c1c2c3c(sc2[nH]c(=S)n1-c1ccsc1)CCC3. The first-order chi connectivity index (χ1) is 9.25. The van der Waals surface area contributed by atoms with E-state index in [1.807, 2.05) is 16.8 Å². The van der Waals surface area contributed by atoms with Crippen molar-refractivity contribution in [1.82, 2.24) is 9.55 Å². The molecule has 0 aromatic carbocycles. The first-order valence-corrected chi connectivity index (χ1v) is 8.24. The molecule has 3 aromatic rings. The fourth-order valence-corrected chi connectivity index (χ4v) is 4.95. The van der Waals surface area contributed by atoms with Crippen LogP contribution in [0.15, 0.2) is 21.6 Å². The minimum Gasteiger partial charge on any atom is -0.323 e. The number of H-pyrrole nitrogens is 1. The summed E-state index contributed by atoms with van der Waals surface area (Å²) in [4.78, 5) is 18.3. The molecule has 1 N–H and O–H groups in total. The van der Waals surface area contributed by atoms with Gasteiger partial charge in [0.15, 0.2) is 4.77 Å². The van der Waals surface area contributed by atoms with E-state index in [0.29, 0.717) is 4.77 Å². The number of thiophene rings is 2. The van der Waals surface area contributed by atoms with Crippen molar-refractivity contribution in [3.63, 3.8) is 0 Å². The largest absolute Gasteiger partial charge is 0.323 e. The average Bonchev–Trinajstić information content (AvgIpc) is 3.02. The van der Waals surface area contributed by atoms with E-state index in [1.54, 1.807) is 27.2 Å². The van der Waals surface area contributed by atoms with Gasteiger partial charge in [-0.3, -0.25) is 9.36 Å². The maximum atomic E-state index is 12.8. The number of hydrogen-bond donors (Lipinski definition) is 1. The standard InChI is InChI=1S/C13H10N2OS3/c16-12-10-8-2-1-3-9(8)19-11(10)14-13(17)15(12)7-4-5-18-6-7/h4-6H,1-3H2,(H,14,17). The summed E-state index contributed by atoms with van der Waals surface area (Å²) in [6.07, 6.45) is 3.26. The lowest BCUT2D eigenvalue weighted by Crippen LogP contribution is -2.20. The number of aryl methyl sites for hydroxylation is 2. The summed E-state index contributed by atoms with van der Waals surface area (Å²) in [6.45, 7) is 0. The zero-order valence-electron chi connectivity index (χ0n) is 9.93. The van der Waals surface area contributed by atoms with Crippen LogP contribution < -0.4 is 5.56 Å². The van der Waals surface area contributed by atoms with E-state index in [-0.39, 0.29) is 5.56 Å². The molecule has 0 bridgehead atoms. The summed E-state index contributed by atoms with van der Waals surface area (Å²) in [5.41, 5.74) is 2.12. The molecule has 0 aliphatic heterocycles. The van der Waals surface area contributed by atoms with E-state index in [1.165, 1.54) is 10.4 Å². The van der Waals surface area contributed by atoms with E-state index < -0.39 is 0 Å². The Kier molecular flexibility index (Phi) is 2.51. The average molecular weight is 306 g/mol. The van der Waals surface area contributed by atoms with Crippen molar-refractivity contribution in [2.45, 2.75) is 19.3 Å². The van der Waals surface area contributed by atoms with Gasteiger partial charge in [0.25, 0.3) is 5.56 Å². The first kappa shape index (κ1) is 11.6. The van der Waals surface area contributed by atoms with Crippen LogP contribution in [0.5, 0.6) is 0 Å². The van der Waals surface area contributed by atoms with E-state index in [0.717, 1.165) is 35.2 Å². The second-order valence-corrected chi connectivity index (χ2v) is 6.89. The van der Waals surface area contributed by atoms with Crippen molar-refractivity contribution in [3.8, 4) is 5.69 Å². The molecular formula is C13H10N2OS3. The van der Waals surface area contributed by atoms with Gasteiger partial charge in [0.05, 0.1) is 11.1 Å². The van der Waals surface area contributed by atoms with Crippen LogP contribution in [0.25, 0.3) is 15.9 Å². The van der Waals surface area contributed by atoms with Gasteiger partial charge < -0.3 is 4.98 Å². The smallest absolute Gasteiger partial charge is 0.267 e. The minimum atomic E-state index is 0.0246. The number of nitrogens with one attached hydrogen (secondary N) is 1. The number of aromatic amines is 1. The van der Waals surface area contributed by atoms with E-state index in [9.17, 15) is 4.79 Å². The third-order valence-electron chi connectivity index (χ3n) is 3.53. The normalized spacial score (nSPS) is 14.1. The summed E-state index contributed by atoms with van der Waals surface area (Å²) in [6, 6.07) is 1.92. The van der Waals surface area contributed by atoms with Crippen molar-refractivity contribution < 1.29 is 0 Å². The number of hydrogen-bond acceptors (Lipinski definition) is 4. The molecule has 19 heavy (non-hydrogen) atoms. The number of rotatable bonds is 1. The first-order valence-electron chi connectivity index (χ1n) is 6.08. The Morgan fingerprint density at radius 2 is 2.26 bits per heavy atom. The van der Waals surface area contributed by atoms with E-state index >= 15 is 0 Å². The van der Waals surface area contributed by atoms with Crippen LogP contribution in [0.4, 0.5) is 0 Å². The highest BCUT2D eigenvalue weighted by molar-refractivity contribution is 7.71. The van der Waals surface area contributed by atoms with Crippen LogP contribution in [0.1, 0.15) is 16.9 Å². The lowest BCUT2D eigenvalue weighted by Gasteiger charge is -2.04. The lowest BCUT2D eigenvalue weighted by molar-refractivity contribution is 0.911. The molecule has 0 unspecified atom stereocenters. The molecule has 3 aromatic heterocycles. The molecular weight excluding hydrogens is 296 g/mol. The molecule has 3 heterocycles. The van der Waals surface area contributed by atoms with Gasteiger partial charge in [-0.2, -0.15) is 11.3 Å². The highest BCUT2D eigenvalue weighted by atomic mass is 32.1. The van der Waals surface area contributed by atoms with Gasteiger partial charge in [-0.1, -0.05) is 0 Å². The van der Waals surface area contributed by atoms with Crippen LogP contribution in [0.3, 0.4) is 0 Å². The third-order valence-corrected chi connectivity index (χ3v) is 5.69. The molecule has 0 radical (unpaired) electrons. The maximum Gasteiger partial charge on any atom is 0.267 e. The molecule has 0 saturated heterocycles. The van der Waals surface area contributed by atoms with Crippen LogP contribution >= 0.6 is 34.9 Å². The van der Waals surface area contributed by atoms with Crippen molar-refractivity contribution in [3.05, 3.63) is 42.4 Å². The van der Waals surface area contributed by atoms with Gasteiger partial charge in [0.2, 0.25) is 0 Å². The maximum absolute atomic E-state index is 12.8. The van der Waals surface area contributed by atoms with Gasteiger partial charge in [-0.25, -0.2) is 0 Å². The van der Waals surface area contributed by atoms with Gasteiger partial charge >= 0.3 is 0 Å². The zero-order valence-corrected chi connectivity index (χ0v) is 12.4. The molecule has 3 nitrogen and oxygen atoms in total. The second-order valence-electron chi connectivity index (χ2n) is 4.61. The second kappa shape index (κ2) is 4.13. The van der Waals surface area contributed by atoms with Gasteiger partial charge in [0.1, 0.15) is 4.83 Å². The van der Waals surface area contributed by atoms with Crippen LogP contribution in [0, 0.1) is 4.77 Å². The fourth-order valence-electron chi connectivity index (χ4n) is 2.69. The van der Waals surface area contributed by atoms with Gasteiger partial charge in [0, 0.05) is 10.3 Å². The van der Waals surface area contributed by atoms with Gasteiger partial charge in [-0.15, -0.1) is 11.3 Å². The Labute approximate surface area is 122 Å². The van der Waals surface area contributed by atoms with Crippen LogP contribution in [-0.2, 0) is 12.8 Å². The van der Waals surface area contributed by atoms with Gasteiger partial charge in [-0.05, 0) is 48.5 Å². The van der Waals surface area contributed by atoms with Crippen molar-refractivity contribution in [1.29, 1.82) is 0 Å². The topological polar surface area (TPSA) is 37.8 Å². The highest BCUT2D eigenvalue weighted by Crippen LogP contribution is 2.34. The Hall–Kier alpha value is -1.24. The summed E-state index contributed by atoms with van der Waals surface area (Å²) < 4.78 is 2.09. The number of fused-ring (bicyclic) bond motifs is 3. The molecule has 0 fully saturated rings. The monoisotopic (exact) mass is 306 g/mol. The molecule has 0 atom stereocenters. The van der Waals surface area contributed by atoms with Crippen LogP contribution in [0.2, 0.25) is 0 Å². The predicted molar refractivity (Wildman–Crippen MR) is 82.5 cm³/mol. The predicted octanol–water partition coefficient (Wildman–Crippen LogP) is 3.66. The van der Waals surface area contributed by atoms with E-state index in [4.69, 9.17) is 12.2 Å². The Balaban J connectivity index is 2.16. The van der Waals surface area contributed by atoms with Crippen molar-refractivity contribution in [2.75, 3.05) is 0 Å².